The first-order valence-corrected chi connectivity index (χ1v) is 9.74. The van der Waals surface area contributed by atoms with Gasteiger partial charge in [-0.3, -0.25) is 0 Å². The summed E-state index contributed by atoms with van der Waals surface area (Å²) < 4.78 is 5.43. The second-order valence-electron chi connectivity index (χ2n) is 5.85. The minimum absolute atomic E-state index is 0.206. The van der Waals surface area contributed by atoms with Crippen LogP contribution in [-0.4, -0.2) is 17.6 Å². The van der Waals surface area contributed by atoms with Crippen LogP contribution in [0.25, 0.3) is 11.3 Å². The second-order valence-corrected chi connectivity index (χ2v) is 6.69. The van der Waals surface area contributed by atoms with Gasteiger partial charge in [0.1, 0.15) is 5.75 Å². The van der Waals surface area contributed by atoms with Gasteiger partial charge < -0.3 is 9.57 Å². The standard InChI is InChI=1S/C20H17N5O3S/c1-2-27-16-10-8-15(9-11-16)25-18(19(26)28-24-25)12-21-23-20-22-17(13-29-20)14-6-4-3-5-7-14/h3-13,24H,2H2,1H3. The maximum Gasteiger partial charge on any atom is 0.378 e. The molecule has 8 nitrogen and oxygen atoms in total. The lowest BCUT2D eigenvalue weighted by molar-refractivity contribution is -0.140. The van der Waals surface area contributed by atoms with Gasteiger partial charge in [-0.15, -0.1) is 16.5 Å². The normalized spacial score (nSPS) is 15.3. The molecule has 1 aromatic heterocycles. The summed E-state index contributed by atoms with van der Waals surface area (Å²) in [6.07, 6.45) is 1.34. The molecule has 0 aliphatic carbocycles. The van der Waals surface area contributed by atoms with Gasteiger partial charge in [-0.05, 0) is 31.2 Å². The van der Waals surface area contributed by atoms with Crippen molar-refractivity contribution in [2.75, 3.05) is 11.6 Å². The van der Waals surface area contributed by atoms with Crippen LogP contribution in [-0.2, 0) is 9.63 Å². The van der Waals surface area contributed by atoms with Crippen molar-refractivity contribution in [1.29, 1.82) is 0 Å². The van der Waals surface area contributed by atoms with Gasteiger partial charge in [0, 0.05) is 10.9 Å². The molecule has 3 aromatic rings. The molecular formula is C20H17N5O3S. The Morgan fingerprint density at radius 3 is 2.76 bits per heavy atom. The molecule has 1 fully saturated rings. The zero-order valence-corrected chi connectivity index (χ0v) is 16.3. The van der Waals surface area contributed by atoms with E-state index in [4.69, 9.17) is 9.57 Å². The molecule has 1 N–H and O–H groups in total. The Kier molecular flexibility index (Phi) is 5.59. The number of hydrogen-bond acceptors (Lipinski definition) is 9. The second kappa shape index (κ2) is 8.63. The number of hydrogen-bond donors (Lipinski definition) is 1. The topological polar surface area (TPSA) is 88.4 Å². The van der Waals surface area contributed by atoms with Crippen LogP contribution in [0.4, 0.5) is 10.8 Å². The summed E-state index contributed by atoms with van der Waals surface area (Å²) in [7, 11) is 0. The van der Waals surface area contributed by atoms with Crippen LogP contribution in [0.3, 0.4) is 0 Å². The molecule has 0 amide bonds. The predicted molar refractivity (Wildman–Crippen MR) is 109 cm³/mol. The van der Waals surface area contributed by atoms with Crippen molar-refractivity contribution in [3.8, 4) is 17.0 Å². The lowest BCUT2D eigenvalue weighted by Gasteiger charge is -2.15. The van der Waals surface area contributed by atoms with E-state index in [-0.39, 0.29) is 5.70 Å². The van der Waals surface area contributed by atoms with Crippen molar-refractivity contribution in [3.05, 3.63) is 71.9 Å². The molecule has 146 valence electrons. The minimum atomic E-state index is -0.554. The van der Waals surface area contributed by atoms with Gasteiger partial charge in [0.25, 0.3) is 0 Å². The quantitative estimate of drug-likeness (QED) is 0.474. The van der Waals surface area contributed by atoms with Crippen molar-refractivity contribution < 1.29 is 14.4 Å². The zero-order chi connectivity index (χ0) is 20.1. The molecule has 0 saturated carbocycles. The number of nitrogens with one attached hydrogen (secondary N) is 1. The number of azo groups is 1. The third-order valence-corrected chi connectivity index (χ3v) is 4.70. The summed E-state index contributed by atoms with van der Waals surface area (Å²) in [5, 5.41) is 12.0. The maximum atomic E-state index is 12.0. The summed E-state index contributed by atoms with van der Waals surface area (Å²) in [5.74, 6) is 0.188. The molecule has 4 rings (SSSR count). The van der Waals surface area contributed by atoms with E-state index < -0.39 is 5.97 Å². The van der Waals surface area contributed by atoms with Crippen molar-refractivity contribution in [1.82, 2.24) is 10.6 Å². The summed E-state index contributed by atoms with van der Waals surface area (Å²) >= 11 is 1.37. The smallest absolute Gasteiger partial charge is 0.378 e. The van der Waals surface area contributed by atoms with E-state index in [9.17, 15) is 4.79 Å². The number of benzene rings is 2. The number of nitrogens with zero attached hydrogens (tertiary/aromatic N) is 4. The average molecular weight is 407 g/mol. The first-order valence-electron chi connectivity index (χ1n) is 8.86. The number of rotatable bonds is 6. The van der Waals surface area contributed by atoms with Crippen LogP contribution in [0.1, 0.15) is 6.92 Å². The molecular weight excluding hydrogens is 390 g/mol. The number of carbonyl (C=O) groups excluding carboxylic acids is 1. The monoisotopic (exact) mass is 407 g/mol. The van der Waals surface area contributed by atoms with Gasteiger partial charge in [0.2, 0.25) is 5.13 Å². The van der Waals surface area contributed by atoms with E-state index in [1.807, 2.05) is 54.8 Å². The molecule has 2 aromatic carbocycles. The number of thiazole rings is 1. The van der Waals surface area contributed by atoms with Crippen LogP contribution < -0.4 is 15.3 Å². The molecule has 0 bridgehead atoms. The van der Waals surface area contributed by atoms with Gasteiger partial charge in [-0.1, -0.05) is 35.9 Å². The van der Waals surface area contributed by atoms with E-state index in [1.54, 1.807) is 12.1 Å². The highest BCUT2D eigenvalue weighted by atomic mass is 32.1. The average Bonchev–Trinajstić information content (AvgIpc) is 3.37. The number of carbonyl (C=O) groups is 1. The number of ether oxygens (including phenoxy) is 1. The Hall–Kier alpha value is -3.56. The minimum Gasteiger partial charge on any atom is -0.494 e. The highest BCUT2D eigenvalue weighted by Gasteiger charge is 2.29. The zero-order valence-electron chi connectivity index (χ0n) is 15.5. The van der Waals surface area contributed by atoms with Crippen LogP contribution in [0, 0.1) is 0 Å². The molecule has 9 heteroatoms. The molecule has 29 heavy (non-hydrogen) atoms. The fourth-order valence-electron chi connectivity index (χ4n) is 2.62. The molecule has 0 radical (unpaired) electrons. The molecule has 0 spiro atoms. The van der Waals surface area contributed by atoms with E-state index >= 15 is 0 Å². The lowest BCUT2D eigenvalue weighted by Crippen LogP contribution is -2.28. The molecule has 2 heterocycles. The maximum absolute atomic E-state index is 12.0. The molecule has 0 atom stereocenters. The van der Waals surface area contributed by atoms with Crippen molar-refractivity contribution >= 4 is 28.1 Å². The van der Waals surface area contributed by atoms with Crippen LogP contribution in [0.15, 0.2) is 82.1 Å². The van der Waals surface area contributed by atoms with Gasteiger partial charge in [-0.2, -0.15) is 5.11 Å². The van der Waals surface area contributed by atoms with Gasteiger partial charge in [0.15, 0.2) is 5.70 Å². The fraction of sp³-hybridized carbons (Fsp3) is 0.100. The molecule has 0 unspecified atom stereocenters. The fourth-order valence-corrected chi connectivity index (χ4v) is 3.28. The number of aromatic nitrogens is 1. The van der Waals surface area contributed by atoms with E-state index in [0.717, 1.165) is 17.0 Å². The van der Waals surface area contributed by atoms with Crippen LogP contribution >= 0.6 is 11.3 Å². The summed E-state index contributed by atoms with van der Waals surface area (Å²) in [6, 6.07) is 17.0. The largest absolute Gasteiger partial charge is 0.494 e. The highest BCUT2D eigenvalue weighted by molar-refractivity contribution is 7.13. The van der Waals surface area contributed by atoms with Crippen LogP contribution in [0.5, 0.6) is 5.75 Å². The van der Waals surface area contributed by atoms with Crippen molar-refractivity contribution in [2.24, 2.45) is 10.2 Å². The van der Waals surface area contributed by atoms with E-state index in [1.165, 1.54) is 22.5 Å². The number of anilines is 1. The van der Waals surface area contributed by atoms with Crippen molar-refractivity contribution in [2.45, 2.75) is 6.92 Å². The Labute approximate surface area is 171 Å². The first kappa shape index (κ1) is 18.8. The van der Waals surface area contributed by atoms with Gasteiger partial charge >= 0.3 is 5.97 Å². The SMILES string of the molecule is CCOc1ccc(N2NOC(=O)C2=CN=Nc2nc(-c3ccccc3)cs2)cc1. The van der Waals surface area contributed by atoms with Crippen molar-refractivity contribution in [3.63, 3.8) is 0 Å². The molecule has 1 aliphatic heterocycles. The molecule has 1 saturated heterocycles. The highest BCUT2D eigenvalue weighted by Crippen LogP contribution is 2.28. The summed E-state index contributed by atoms with van der Waals surface area (Å²) in [6.45, 7) is 2.50. The van der Waals surface area contributed by atoms with E-state index in [2.05, 4.69) is 20.8 Å². The predicted octanol–water partition coefficient (Wildman–Crippen LogP) is 4.62. The Morgan fingerprint density at radius 1 is 1.21 bits per heavy atom. The Balaban J connectivity index is 1.50. The van der Waals surface area contributed by atoms with Gasteiger partial charge in [0.05, 0.1) is 24.2 Å². The Bertz CT molecular complexity index is 1050. The first-order chi connectivity index (χ1) is 14.2. The van der Waals surface area contributed by atoms with Crippen LogP contribution in [0.2, 0.25) is 0 Å². The third kappa shape index (κ3) is 4.31. The third-order valence-electron chi connectivity index (χ3n) is 3.97. The summed E-state index contributed by atoms with van der Waals surface area (Å²) in [5.41, 5.74) is 5.30. The lowest BCUT2D eigenvalue weighted by atomic mass is 10.2. The molecule has 1 aliphatic rings. The summed E-state index contributed by atoms with van der Waals surface area (Å²) in [4.78, 5) is 21.4. The number of hydrazine groups is 1. The van der Waals surface area contributed by atoms with Gasteiger partial charge in [-0.25, -0.2) is 14.8 Å². The van der Waals surface area contributed by atoms with E-state index in [0.29, 0.717) is 17.4 Å². The Morgan fingerprint density at radius 2 is 2.00 bits per heavy atom.